The number of methoxy groups -OCH3 is 1. The molecule has 0 unspecified atom stereocenters. The van der Waals surface area contributed by atoms with Crippen LogP contribution in [0.1, 0.15) is 42.2 Å². The van der Waals surface area contributed by atoms with Gasteiger partial charge in [0.1, 0.15) is 10.6 Å². The zero-order valence-electron chi connectivity index (χ0n) is 12.0. The Morgan fingerprint density at radius 1 is 1.48 bits per heavy atom. The first-order chi connectivity index (χ1) is 9.93. The summed E-state index contributed by atoms with van der Waals surface area (Å²) < 4.78 is 29.6. The van der Waals surface area contributed by atoms with Gasteiger partial charge >= 0.3 is 0 Å². The summed E-state index contributed by atoms with van der Waals surface area (Å²) in [5, 5.41) is 7.87. The van der Waals surface area contributed by atoms with E-state index in [0.29, 0.717) is 18.8 Å². The molecule has 1 aromatic rings. The van der Waals surface area contributed by atoms with Crippen molar-refractivity contribution in [1.29, 1.82) is 0 Å². The van der Waals surface area contributed by atoms with Crippen molar-refractivity contribution in [2.24, 2.45) is 5.14 Å². The van der Waals surface area contributed by atoms with Crippen LogP contribution in [0.15, 0.2) is 17.2 Å². The molecule has 1 saturated carbocycles. The summed E-state index contributed by atoms with van der Waals surface area (Å²) in [4.78, 5) is 12.2. The van der Waals surface area contributed by atoms with Crippen molar-refractivity contribution in [2.45, 2.75) is 36.6 Å². The number of hydrogen-bond donors (Lipinski definition) is 2. The molecule has 8 heteroatoms. The van der Waals surface area contributed by atoms with Crippen LogP contribution in [0.25, 0.3) is 0 Å². The summed E-state index contributed by atoms with van der Waals surface area (Å²) in [7, 11) is -2.27. The molecule has 0 atom stereocenters. The molecule has 21 heavy (non-hydrogen) atoms. The maximum absolute atomic E-state index is 12.2. The number of primary sulfonamides is 1. The molecular formula is C13H21N3O4S. The molecular weight excluding hydrogens is 294 g/mol. The van der Waals surface area contributed by atoms with E-state index in [1.165, 1.54) is 12.3 Å². The third kappa shape index (κ3) is 3.84. The number of nitrogens with zero attached hydrogens (tertiary/aromatic N) is 1. The van der Waals surface area contributed by atoms with Crippen molar-refractivity contribution >= 4 is 15.9 Å². The number of amides is 1. The number of carbonyl (C=O) groups excluding carboxylic acids is 1. The van der Waals surface area contributed by atoms with E-state index in [4.69, 9.17) is 9.88 Å². The van der Waals surface area contributed by atoms with Crippen LogP contribution in [-0.4, -0.2) is 39.2 Å². The normalized spacial score (nSPS) is 16.3. The zero-order chi connectivity index (χ0) is 15.5. The summed E-state index contributed by atoms with van der Waals surface area (Å²) >= 11 is 0. The number of nitrogens with two attached hydrogens (primary N) is 1. The number of rotatable bonds is 6. The fourth-order valence-electron chi connectivity index (χ4n) is 2.63. The fourth-order valence-corrected chi connectivity index (χ4v) is 3.17. The van der Waals surface area contributed by atoms with Gasteiger partial charge in [-0.15, -0.1) is 0 Å². The minimum absolute atomic E-state index is 0.0220. The Kier molecular flexibility index (Phi) is 5.02. The smallest absolute Gasteiger partial charge is 0.268 e. The molecule has 0 aliphatic heterocycles. The van der Waals surface area contributed by atoms with Crippen LogP contribution in [0.5, 0.6) is 0 Å². The Bertz CT molecular complexity index is 603. The van der Waals surface area contributed by atoms with E-state index in [2.05, 4.69) is 5.32 Å². The van der Waals surface area contributed by atoms with Crippen molar-refractivity contribution in [1.82, 2.24) is 9.88 Å². The lowest BCUT2D eigenvalue weighted by atomic mass is 10.2. The molecule has 0 bridgehead atoms. The maximum Gasteiger partial charge on any atom is 0.268 e. The quantitative estimate of drug-likeness (QED) is 0.751. The van der Waals surface area contributed by atoms with Gasteiger partial charge in [-0.3, -0.25) is 4.79 Å². The minimum atomic E-state index is -3.82. The molecule has 2 rings (SSSR count). The lowest BCUT2D eigenvalue weighted by Crippen LogP contribution is -2.29. The average molecular weight is 315 g/mol. The molecule has 0 aromatic carbocycles. The van der Waals surface area contributed by atoms with Gasteiger partial charge in [0, 0.05) is 25.9 Å². The van der Waals surface area contributed by atoms with Crippen molar-refractivity contribution < 1.29 is 17.9 Å². The zero-order valence-corrected chi connectivity index (χ0v) is 12.9. The van der Waals surface area contributed by atoms with Gasteiger partial charge in [0.25, 0.3) is 5.91 Å². The number of ether oxygens (including phenoxy) is 1. The molecule has 118 valence electrons. The fraction of sp³-hybridized carbons (Fsp3) is 0.615. The van der Waals surface area contributed by atoms with Crippen LogP contribution in [0.2, 0.25) is 0 Å². The number of aromatic nitrogens is 1. The molecule has 1 aliphatic rings. The Hall–Kier alpha value is -1.38. The summed E-state index contributed by atoms with van der Waals surface area (Å²) in [6, 6.07) is 1.50. The predicted molar refractivity (Wildman–Crippen MR) is 77.5 cm³/mol. The first-order valence-corrected chi connectivity index (χ1v) is 8.50. The van der Waals surface area contributed by atoms with Crippen molar-refractivity contribution in [3.05, 3.63) is 18.0 Å². The van der Waals surface area contributed by atoms with Gasteiger partial charge in [0.15, 0.2) is 0 Å². The van der Waals surface area contributed by atoms with Gasteiger partial charge in [-0.25, -0.2) is 13.6 Å². The number of sulfonamides is 1. The molecule has 7 nitrogen and oxygen atoms in total. The van der Waals surface area contributed by atoms with Crippen LogP contribution in [0.3, 0.4) is 0 Å². The number of hydrogen-bond acceptors (Lipinski definition) is 4. The Balaban J connectivity index is 2.28. The summed E-state index contributed by atoms with van der Waals surface area (Å²) in [5.41, 5.74) is 0.335. The Labute approximate surface area is 124 Å². The molecule has 1 amide bonds. The summed E-state index contributed by atoms with van der Waals surface area (Å²) in [6.07, 6.45) is 5.52. The SMILES string of the molecule is COCCNC(=O)c1cc(S(N)(=O)=O)cn1C1CCCC1. The molecule has 0 radical (unpaired) electrons. The van der Waals surface area contributed by atoms with E-state index in [9.17, 15) is 13.2 Å². The van der Waals surface area contributed by atoms with E-state index < -0.39 is 10.0 Å². The van der Waals surface area contributed by atoms with Gasteiger partial charge in [0.05, 0.1) is 6.61 Å². The highest BCUT2D eigenvalue weighted by molar-refractivity contribution is 7.89. The van der Waals surface area contributed by atoms with Crippen molar-refractivity contribution in [3.63, 3.8) is 0 Å². The summed E-state index contributed by atoms with van der Waals surface area (Å²) in [6.45, 7) is 0.772. The van der Waals surface area contributed by atoms with E-state index in [1.807, 2.05) is 0 Å². The second-order valence-corrected chi connectivity index (χ2v) is 6.76. The van der Waals surface area contributed by atoms with Crippen molar-refractivity contribution in [2.75, 3.05) is 20.3 Å². The third-order valence-electron chi connectivity index (χ3n) is 3.69. The highest BCUT2D eigenvalue weighted by Gasteiger charge is 2.25. The van der Waals surface area contributed by atoms with E-state index >= 15 is 0 Å². The summed E-state index contributed by atoms with van der Waals surface area (Å²) in [5.74, 6) is -0.311. The molecule has 3 N–H and O–H groups in total. The van der Waals surface area contributed by atoms with Gasteiger partial charge in [-0.2, -0.15) is 0 Å². The lowest BCUT2D eigenvalue weighted by molar-refractivity contribution is 0.0925. The molecule has 1 fully saturated rings. The molecule has 1 aromatic heterocycles. The molecule has 1 aliphatic carbocycles. The van der Waals surface area contributed by atoms with Gasteiger partial charge in [-0.1, -0.05) is 12.8 Å². The monoisotopic (exact) mass is 315 g/mol. The van der Waals surface area contributed by atoms with Gasteiger partial charge < -0.3 is 14.6 Å². The Morgan fingerprint density at radius 3 is 2.71 bits per heavy atom. The van der Waals surface area contributed by atoms with Gasteiger partial charge in [0.2, 0.25) is 10.0 Å². The minimum Gasteiger partial charge on any atom is -0.383 e. The predicted octanol–water partition coefficient (Wildman–Crippen LogP) is 0.627. The number of carbonyl (C=O) groups is 1. The first kappa shape index (κ1) is 16.0. The van der Waals surface area contributed by atoms with Crippen LogP contribution in [0, 0.1) is 0 Å². The van der Waals surface area contributed by atoms with Gasteiger partial charge in [-0.05, 0) is 18.9 Å². The lowest BCUT2D eigenvalue weighted by Gasteiger charge is -2.15. The third-order valence-corrected chi connectivity index (χ3v) is 4.57. The Morgan fingerprint density at radius 2 is 2.14 bits per heavy atom. The van der Waals surface area contributed by atoms with E-state index in [-0.39, 0.29) is 16.8 Å². The number of nitrogens with one attached hydrogen (secondary N) is 1. The molecule has 1 heterocycles. The molecule has 0 saturated heterocycles. The van der Waals surface area contributed by atoms with E-state index in [1.54, 1.807) is 11.7 Å². The second kappa shape index (κ2) is 6.59. The van der Waals surface area contributed by atoms with Crippen LogP contribution in [0.4, 0.5) is 0 Å². The standard InChI is InChI=1S/C13H21N3O4S/c1-20-7-6-15-13(17)12-8-11(21(14,18)19)9-16(12)10-4-2-3-5-10/h8-10H,2-7H2,1H3,(H,15,17)(H2,14,18,19). The van der Waals surface area contributed by atoms with Crippen LogP contribution in [-0.2, 0) is 14.8 Å². The molecule has 0 spiro atoms. The highest BCUT2D eigenvalue weighted by Crippen LogP contribution is 2.32. The average Bonchev–Trinajstić information content (AvgIpc) is 3.06. The van der Waals surface area contributed by atoms with Crippen LogP contribution < -0.4 is 10.5 Å². The largest absolute Gasteiger partial charge is 0.383 e. The second-order valence-electron chi connectivity index (χ2n) is 5.20. The van der Waals surface area contributed by atoms with Crippen molar-refractivity contribution in [3.8, 4) is 0 Å². The van der Waals surface area contributed by atoms with Crippen LogP contribution >= 0.6 is 0 Å². The topological polar surface area (TPSA) is 103 Å². The maximum atomic E-state index is 12.2. The first-order valence-electron chi connectivity index (χ1n) is 6.95. The highest BCUT2D eigenvalue weighted by atomic mass is 32.2. The van der Waals surface area contributed by atoms with E-state index in [0.717, 1.165) is 25.7 Å².